The average molecular weight is 355 g/mol. The Balaban J connectivity index is 1.29. The van der Waals surface area contributed by atoms with Crippen LogP contribution >= 0.6 is 0 Å². The third-order valence-electron chi connectivity index (χ3n) is 5.15. The highest BCUT2D eigenvalue weighted by molar-refractivity contribution is 5.74. The maximum absolute atomic E-state index is 12.3. The van der Waals surface area contributed by atoms with Crippen LogP contribution in [-0.2, 0) is 30.7 Å². The van der Waals surface area contributed by atoms with Gasteiger partial charge in [-0.2, -0.15) is 0 Å². The highest BCUT2D eigenvalue weighted by Crippen LogP contribution is 2.20. The zero-order valence-electron chi connectivity index (χ0n) is 15.1. The SMILES string of the molecule is CC(NC(=O)NC[C@@H]1Cc2ccccc2CO1)c1nnc2n1CCCC2. The monoisotopic (exact) mass is 355 g/mol. The van der Waals surface area contributed by atoms with Crippen LogP contribution in [0, 0.1) is 0 Å². The van der Waals surface area contributed by atoms with Crippen molar-refractivity contribution >= 4 is 6.03 Å². The number of hydrogen-bond acceptors (Lipinski definition) is 4. The largest absolute Gasteiger partial charge is 0.371 e. The zero-order chi connectivity index (χ0) is 17.9. The first-order valence-corrected chi connectivity index (χ1v) is 9.35. The van der Waals surface area contributed by atoms with Crippen LogP contribution in [0.1, 0.15) is 48.6 Å². The Labute approximate surface area is 153 Å². The molecule has 0 saturated heterocycles. The van der Waals surface area contributed by atoms with Gasteiger partial charge in [0, 0.05) is 25.9 Å². The van der Waals surface area contributed by atoms with Gasteiger partial charge in [0.25, 0.3) is 0 Å². The predicted molar refractivity (Wildman–Crippen MR) is 96.6 cm³/mol. The smallest absolute Gasteiger partial charge is 0.315 e. The van der Waals surface area contributed by atoms with Crippen LogP contribution in [0.4, 0.5) is 4.79 Å². The van der Waals surface area contributed by atoms with Crippen molar-refractivity contribution in [2.24, 2.45) is 0 Å². The summed E-state index contributed by atoms with van der Waals surface area (Å²) in [5, 5.41) is 14.4. The quantitative estimate of drug-likeness (QED) is 0.880. The topological polar surface area (TPSA) is 81.1 Å². The molecule has 2 atom stereocenters. The molecular weight excluding hydrogens is 330 g/mol. The second-order valence-electron chi connectivity index (χ2n) is 7.07. The molecule has 2 aliphatic rings. The van der Waals surface area contributed by atoms with Crippen molar-refractivity contribution in [1.29, 1.82) is 0 Å². The average Bonchev–Trinajstić information content (AvgIpc) is 3.10. The number of aromatic nitrogens is 3. The van der Waals surface area contributed by atoms with Crippen molar-refractivity contribution in [3.05, 3.63) is 47.0 Å². The van der Waals surface area contributed by atoms with E-state index in [-0.39, 0.29) is 18.2 Å². The molecule has 26 heavy (non-hydrogen) atoms. The number of aryl methyl sites for hydroxylation is 1. The Morgan fingerprint density at radius 3 is 3.04 bits per heavy atom. The van der Waals surface area contributed by atoms with Gasteiger partial charge >= 0.3 is 6.03 Å². The van der Waals surface area contributed by atoms with Gasteiger partial charge in [-0.3, -0.25) is 0 Å². The second kappa shape index (κ2) is 7.45. The Bertz CT molecular complexity index is 788. The van der Waals surface area contributed by atoms with Crippen LogP contribution in [0.5, 0.6) is 0 Å². The molecule has 3 heterocycles. The number of amides is 2. The maximum Gasteiger partial charge on any atom is 0.315 e. The number of carbonyl (C=O) groups excluding carboxylic acids is 1. The molecule has 0 saturated carbocycles. The third kappa shape index (κ3) is 3.58. The van der Waals surface area contributed by atoms with E-state index in [0.717, 1.165) is 43.9 Å². The molecule has 2 aliphatic heterocycles. The van der Waals surface area contributed by atoms with Crippen molar-refractivity contribution in [3.63, 3.8) is 0 Å². The van der Waals surface area contributed by atoms with E-state index in [1.807, 2.05) is 19.1 Å². The lowest BCUT2D eigenvalue weighted by atomic mass is 9.99. The summed E-state index contributed by atoms with van der Waals surface area (Å²) in [4.78, 5) is 12.3. The number of urea groups is 1. The van der Waals surface area contributed by atoms with Gasteiger partial charge in [0.2, 0.25) is 0 Å². The first-order valence-electron chi connectivity index (χ1n) is 9.35. The van der Waals surface area contributed by atoms with E-state index in [9.17, 15) is 4.79 Å². The summed E-state index contributed by atoms with van der Waals surface area (Å²) in [6.45, 7) is 3.97. The number of fused-ring (bicyclic) bond motifs is 2. The standard InChI is InChI=1S/C19H25N5O2/c1-13(18-23-22-17-8-4-5-9-24(17)18)21-19(25)20-11-16-10-14-6-2-3-7-15(14)12-26-16/h2-3,6-7,13,16H,4-5,8-12H2,1H3,(H2,20,21,25)/t13?,16-/m0/s1. The van der Waals surface area contributed by atoms with E-state index in [2.05, 4.69) is 37.5 Å². The molecule has 2 aromatic rings. The van der Waals surface area contributed by atoms with Crippen molar-refractivity contribution in [2.75, 3.05) is 6.54 Å². The van der Waals surface area contributed by atoms with Crippen molar-refractivity contribution < 1.29 is 9.53 Å². The van der Waals surface area contributed by atoms with Gasteiger partial charge in [-0.25, -0.2) is 4.79 Å². The highest BCUT2D eigenvalue weighted by atomic mass is 16.5. The number of nitrogens with zero attached hydrogens (tertiary/aromatic N) is 3. The predicted octanol–water partition coefficient (Wildman–Crippen LogP) is 2.12. The molecule has 0 aliphatic carbocycles. The van der Waals surface area contributed by atoms with Gasteiger partial charge in [0.15, 0.2) is 5.82 Å². The molecule has 1 aromatic heterocycles. The summed E-state index contributed by atoms with van der Waals surface area (Å²) in [6, 6.07) is 7.91. The summed E-state index contributed by atoms with van der Waals surface area (Å²) in [5.74, 6) is 1.85. The zero-order valence-corrected chi connectivity index (χ0v) is 15.1. The first kappa shape index (κ1) is 17.0. The lowest BCUT2D eigenvalue weighted by molar-refractivity contribution is 0.0305. The molecule has 7 nitrogen and oxygen atoms in total. The maximum atomic E-state index is 12.3. The minimum atomic E-state index is -0.201. The van der Waals surface area contributed by atoms with Gasteiger partial charge in [-0.1, -0.05) is 24.3 Å². The fourth-order valence-electron chi connectivity index (χ4n) is 3.71. The number of nitrogens with one attached hydrogen (secondary N) is 2. The fraction of sp³-hybridized carbons (Fsp3) is 0.526. The summed E-state index contributed by atoms with van der Waals surface area (Å²) >= 11 is 0. The number of carbonyl (C=O) groups is 1. The molecule has 1 aromatic carbocycles. The molecule has 2 amide bonds. The molecule has 0 bridgehead atoms. The third-order valence-corrected chi connectivity index (χ3v) is 5.15. The second-order valence-corrected chi connectivity index (χ2v) is 7.07. The molecule has 0 radical (unpaired) electrons. The minimum absolute atomic E-state index is 0.00630. The molecule has 1 unspecified atom stereocenters. The Morgan fingerprint density at radius 2 is 2.15 bits per heavy atom. The Morgan fingerprint density at radius 1 is 1.31 bits per heavy atom. The number of rotatable bonds is 4. The highest BCUT2D eigenvalue weighted by Gasteiger charge is 2.22. The van der Waals surface area contributed by atoms with Gasteiger partial charge in [0.1, 0.15) is 5.82 Å². The molecule has 2 N–H and O–H groups in total. The van der Waals surface area contributed by atoms with Crippen molar-refractivity contribution in [3.8, 4) is 0 Å². The van der Waals surface area contributed by atoms with Crippen LogP contribution in [-0.4, -0.2) is 33.4 Å². The van der Waals surface area contributed by atoms with E-state index in [1.54, 1.807) is 0 Å². The first-order chi connectivity index (χ1) is 12.7. The van der Waals surface area contributed by atoms with Crippen LogP contribution in [0.15, 0.2) is 24.3 Å². The fourth-order valence-corrected chi connectivity index (χ4v) is 3.71. The normalized spacial score (nSPS) is 20.0. The summed E-state index contributed by atoms with van der Waals surface area (Å²) in [7, 11) is 0. The van der Waals surface area contributed by atoms with E-state index in [4.69, 9.17) is 4.74 Å². The van der Waals surface area contributed by atoms with Gasteiger partial charge in [-0.05, 0) is 30.9 Å². The number of benzene rings is 1. The molecule has 138 valence electrons. The molecule has 0 spiro atoms. The van der Waals surface area contributed by atoms with Crippen LogP contribution in [0.25, 0.3) is 0 Å². The minimum Gasteiger partial charge on any atom is -0.371 e. The van der Waals surface area contributed by atoms with Gasteiger partial charge < -0.3 is 19.9 Å². The van der Waals surface area contributed by atoms with Crippen molar-refractivity contribution in [2.45, 2.75) is 57.9 Å². The molecule has 0 fully saturated rings. The summed E-state index contributed by atoms with van der Waals surface area (Å²) in [5.41, 5.74) is 2.54. The summed E-state index contributed by atoms with van der Waals surface area (Å²) < 4.78 is 7.97. The number of hydrogen-bond donors (Lipinski definition) is 2. The molecule has 7 heteroatoms. The van der Waals surface area contributed by atoms with E-state index >= 15 is 0 Å². The van der Waals surface area contributed by atoms with Crippen molar-refractivity contribution in [1.82, 2.24) is 25.4 Å². The Hall–Kier alpha value is -2.41. The van der Waals surface area contributed by atoms with Crippen LogP contribution in [0.2, 0.25) is 0 Å². The summed E-state index contributed by atoms with van der Waals surface area (Å²) in [6.07, 6.45) is 4.09. The van der Waals surface area contributed by atoms with Gasteiger partial charge in [0.05, 0.1) is 18.8 Å². The lowest BCUT2D eigenvalue weighted by Crippen LogP contribution is -2.43. The molecule has 4 rings (SSSR count). The van der Waals surface area contributed by atoms with Gasteiger partial charge in [-0.15, -0.1) is 10.2 Å². The lowest BCUT2D eigenvalue weighted by Gasteiger charge is -2.26. The van der Waals surface area contributed by atoms with E-state index in [0.29, 0.717) is 13.2 Å². The Kier molecular flexibility index (Phi) is 4.88. The van der Waals surface area contributed by atoms with E-state index < -0.39 is 0 Å². The van der Waals surface area contributed by atoms with Crippen LogP contribution in [0.3, 0.4) is 0 Å². The number of ether oxygens (including phenoxy) is 1. The van der Waals surface area contributed by atoms with Crippen LogP contribution < -0.4 is 10.6 Å². The molecular formula is C19H25N5O2. The van der Waals surface area contributed by atoms with E-state index in [1.165, 1.54) is 11.1 Å².